The molecule has 1 heterocycles. The smallest absolute Gasteiger partial charge is 0.229 e. The number of aryl methyl sites for hydroxylation is 1. The first-order chi connectivity index (χ1) is 10.0. The lowest BCUT2D eigenvalue weighted by Gasteiger charge is -2.32. The van der Waals surface area contributed by atoms with Crippen molar-refractivity contribution in [1.29, 1.82) is 0 Å². The quantitative estimate of drug-likeness (QED) is 0.939. The lowest BCUT2D eigenvalue weighted by Crippen LogP contribution is -2.43. The van der Waals surface area contributed by atoms with Crippen LogP contribution in [0.15, 0.2) is 22.7 Å². The average molecular weight is 287 g/mol. The van der Waals surface area contributed by atoms with Crippen LogP contribution in [0.4, 0.5) is 0 Å². The van der Waals surface area contributed by atoms with Crippen LogP contribution in [0.3, 0.4) is 0 Å². The van der Waals surface area contributed by atoms with E-state index >= 15 is 0 Å². The van der Waals surface area contributed by atoms with Gasteiger partial charge in [-0.25, -0.2) is 0 Å². The highest BCUT2D eigenvalue weighted by Gasteiger charge is 2.37. The van der Waals surface area contributed by atoms with Gasteiger partial charge in [-0.15, -0.1) is 0 Å². The van der Waals surface area contributed by atoms with Gasteiger partial charge in [0.2, 0.25) is 5.89 Å². The molecule has 0 fully saturated rings. The summed E-state index contributed by atoms with van der Waals surface area (Å²) in [6.07, 6.45) is 2.45. The maximum atomic E-state index is 6.57. The number of hydrogen-bond acceptors (Lipinski definition) is 5. The molecule has 0 amide bonds. The highest BCUT2D eigenvalue weighted by molar-refractivity contribution is 5.39. The number of methoxy groups -OCH3 is 1. The van der Waals surface area contributed by atoms with Crippen molar-refractivity contribution in [3.63, 3.8) is 0 Å². The van der Waals surface area contributed by atoms with Crippen molar-refractivity contribution < 1.29 is 9.26 Å². The van der Waals surface area contributed by atoms with Crippen molar-refractivity contribution in [3.05, 3.63) is 41.0 Å². The van der Waals surface area contributed by atoms with Crippen molar-refractivity contribution in [2.75, 3.05) is 7.11 Å². The molecule has 0 aliphatic heterocycles. The van der Waals surface area contributed by atoms with Crippen molar-refractivity contribution in [3.8, 4) is 5.75 Å². The summed E-state index contributed by atoms with van der Waals surface area (Å²) in [5, 5.41) is 4.11. The third-order valence-electron chi connectivity index (χ3n) is 4.14. The summed E-state index contributed by atoms with van der Waals surface area (Å²) in [6.45, 7) is 4.06. The molecule has 112 valence electrons. The van der Waals surface area contributed by atoms with E-state index in [4.69, 9.17) is 15.0 Å². The first-order valence-electron chi connectivity index (χ1n) is 7.30. The lowest BCUT2D eigenvalue weighted by molar-refractivity contribution is 0.320. The zero-order valence-electron chi connectivity index (χ0n) is 12.7. The molecule has 0 spiro atoms. The fourth-order valence-electron chi connectivity index (χ4n) is 2.79. The van der Waals surface area contributed by atoms with Crippen LogP contribution in [0, 0.1) is 0 Å². The van der Waals surface area contributed by atoms with Gasteiger partial charge in [-0.1, -0.05) is 25.1 Å². The third-order valence-corrected chi connectivity index (χ3v) is 4.14. The second-order valence-corrected chi connectivity index (χ2v) is 6.08. The monoisotopic (exact) mass is 287 g/mol. The van der Waals surface area contributed by atoms with E-state index in [0.717, 1.165) is 18.6 Å². The number of aromatic nitrogens is 2. The molecule has 1 unspecified atom stereocenters. The Hall–Kier alpha value is -1.88. The Kier molecular flexibility index (Phi) is 3.45. The largest absolute Gasteiger partial charge is 0.497 e. The minimum atomic E-state index is -0.560. The zero-order chi connectivity index (χ0) is 15.0. The summed E-state index contributed by atoms with van der Waals surface area (Å²) >= 11 is 0. The summed E-state index contributed by atoms with van der Waals surface area (Å²) in [4.78, 5) is 4.49. The Labute approximate surface area is 124 Å². The SMILES string of the molecule is COc1ccc2c(c1)CC(N)(c1noc(C(C)C)n1)CC2. The predicted molar refractivity (Wildman–Crippen MR) is 79.3 cm³/mol. The van der Waals surface area contributed by atoms with Crippen LogP contribution in [0.25, 0.3) is 0 Å². The average Bonchev–Trinajstić information content (AvgIpc) is 2.97. The molecule has 0 radical (unpaired) electrons. The van der Waals surface area contributed by atoms with Gasteiger partial charge in [0.05, 0.1) is 12.6 Å². The number of benzene rings is 1. The molecule has 2 N–H and O–H groups in total. The Morgan fingerprint density at radius 1 is 1.33 bits per heavy atom. The number of hydrogen-bond donors (Lipinski definition) is 1. The molecule has 0 saturated carbocycles. The molecule has 1 aromatic carbocycles. The van der Waals surface area contributed by atoms with Crippen LogP contribution in [0.5, 0.6) is 5.75 Å². The van der Waals surface area contributed by atoms with Gasteiger partial charge >= 0.3 is 0 Å². The fourth-order valence-corrected chi connectivity index (χ4v) is 2.79. The van der Waals surface area contributed by atoms with Crippen LogP contribution in [-0.4, -0.2) is 17.3 Å². The summed E-state index contributed by atoms with van der Waals surface area (Å²) < 4.78 is 10.6. The van der Waals surface area contributed by atoms with Gasteiger partial charge in [0.1, 0.15) is 5.75 Å². The molecule has 1 aliphatic carbocycles. The third kappa shape index (κ3) is 2.53. The van der Waals surface area contributed by atoms with Gasteiger partial charge < -0.3 is 15.0 Å². The Bertz CT molecular complexity index is 651. The Morgan fingerprint density at radius 3 is 2.81 bits per heavy atom. The first-order valence-corrected chi connectivity index (χ1v) is 7.30. The molecule has 1 aromatic heterocycles. The molecule has 0 bridgehead atoms. The van der Waals surface area contributed by atoms with Crippen LogP contribution in [0.1, 0.15) is 49.0 Å². The standard InChI is InChI=1S/C16H21N3O2/c1-10(2)14-18-15(19-21-14)16(17)7-6-11-4-5-13(20-3)8-12(11)9-16/h4-5,8,10H,6-7,9,17H2,1-3H3. The molecule has 5 nitrogen and oxygen atoms in total. The lowest BCUT2D eigenvalue weighted by atomic mass is 9.78. The van der Waals surface area contributed by atoms with Gasteiger partial charge in [-0.05, 0) is 42.5 Å². The molecule has 2 aromatic rings. The van der Waals surface area contributed by atoms with E-state index in [9.17, 15) is 0 Å². The van der Waals surface area contributed by atoms with E-state index < -0.39 is 5.54 Å². The predicted octanol–water partition coefficient (Wildman–Crippen LogP) is 2.54. The van der Waals surface area contributed by atoms with E-state index in [1.54, 1.807) is 7.11 Å². The van der Waals surface area contributed by atoms with Crippen LogP contribution < -0.4 is 10.5 Å². The molecule has 1 atom stereocenters. The molecular weight excluding hydrogens is 266 g/mol. The molecule has 3 rings (SSSR count). The number of ether oxygens (including phenoxy) is 1. The van der Waals surface area contributed by atoms with E-state index in [2.05, 4.69) is 22.3 Å². The Morgan fingerprint density at radius 2 is 2.14 bits per heavy atom. The second kappa shape index (κ2) is 5.15. The summed E-state index contributed by atoms with van der Waals surface area (Å²) in [7, 11) is 1.67. The minimum absolute atomic E-state index is 0.214. The van der Waals surface area contributed by atoms with Crippen LogP contribution in [0.2, 0.25) is 0 Å². The van der Waals surface area contributed by atoms with Gasteiger partial charge in [0.15, 0.2) is 5.82 Å². The van der Waals surface area contributed by atoms with Gasteiger partial charge in [0, 0.05) is 5.92 Å². The number of fused-ring (bicyclic) bond motifs is 1. The van der Waals surface area contributed by atoms with Crippen LogP contribution >= 0.6 is 0 Å². The van der Waals surface area contributed by atoms with E-state index in [0.29, 0.717) is 18.1 Å². The molecule has 5 heteroatoms. The van der Waals surface area contributed by atoms with Crippen molar-refractivity contribution >= 4 is 0 Å². The van der Waals surface area contributed by atoms with Gasteiger partial charge in [0.25, 0.3) is 0 Å². The topological polar surface area (TPSA) is 74.2 Å². The minimum Gasteiger partial charge on any atom is -0.497 e. The van der Waals surface area contributed by atoms with Gasteiger partial charge in [-0.2, -0.15) is 4.98 Å². The number of rotatable bonds is 3. The highest BCUT2D eigenvalue weighted by Crippen LogP contribution is 2.35. The van der Waals surface area contributed by atoms with Crippen LogP contribution in [-0.2, 0) is 18.4 Å². The van der Waals surface area contributed by atoms with E-state index in [1.165, 1.54) is 11.1 Å². The highest BCUT2D eigenvalue weighted by atomic mass is 16.5. The van der Waals surface area contributed by atoms with Crippen molar-refractivity contribution in [1.82, 2.24) is 10.1 Å². The van der Waals surface area contributed by atoms with E-state index in [-0.39, 0.29) is 5.92 Å². The van der Waals surface area contributed by atoms with Gasteiger partial charge in [-0.3, -0.25) is 0 Å². The second-order valence-electron chi connectivity index (χ2n) is 6.08. The fraction of sp³-hybridized carbons (Fsp3) is 0.500. The maximum Gasteiger partial charge on any atom is 0.229 e. The Balaban J connectivity index is 1.92. The number of nitrogens with two attached hydrogens (primary N) is 1. The summed E-state index contributed by atoms with van der Waals surface area (Å²) in [5.41, 5.74) is 8.55. The molecule has 21 heavy (non-hydrogen) atoms. The molecule has 0 saturated heterocycles. The summed E-state index contributed by atoms with van der Waals surface area (Å²) in [6, 6.07) is 6.16. The van der Waals surface area contributed by atoms with E-state index in [1.807, 2.05) is 19.9 Å². The molecular formula is C16H21N3O2. The number of nitrogens with zero attached hydrogens (tertiary/aromatic N) is 2. The van der Waals surface area contributed by atoms with Crippen molar-refractivity contribution in [2.45, 2.75) is 44.6 Å². The normalized spacial score (nSPS) is 21.4. The maximum absolute atomic E-state index is 6.57. The zero-order valence-corrected chi connectivity index (χ0v) is 12.7. The molecule has 1 aliphatic rings. The first kappa shape index (κ1) is 14.1. The van der Waals surface area contributed by atoms with Crippen molar-refractivity contribution in [2.24, 2.45) is 5.73 Å². The summed E-state index contributed by atoms with van der Waals surface area (Å²) in [5.74, 6) is 2.32.